The van der Waals surface area contributed by atoms with E-state index >= 15 is 0 Å². The molecule has 0 atom stereocenters. The molecule has 0 aliphatic carbocycles. The third kappa shape index (κ3) is 4.11. The first-order valence-electron chi connectivity index (χ1n) is 8.21. The van der Waals surface area contributed by atoms with Gasteiger partial charge in [0.2, 0.25) is 0 Å². The van der Waals surface area contributed by atoms with E-state index in [1.807, 2.05) is 12.1 Å². The predicted molar refractivity (Wildman–Crippen MR) is 104 cm³/mol. The highest BCUT2D eigenvalue weighted by Gasteiger charge is 2.03. The quantitative estimate of drug-likeness (QED) is 0.500. The number of benzene rings is 3. The van der Waals surface area contributed by atoms with Crippen LogP contribution in [0.3, 0.4) is 0 Å². The van der Waals surface area contributed by atoms with Crippen molar-refractivity contribution >= 4 is 11.6 Å². The first-order chi connectivity index (χ1) is 11.7. The number of rotatable bonds is 4. The second kappa shape index (κ2) is 7.61. The summed E-state index contributed by atoms with van der Waals surface area (Å²) in [6.45, 7) is 4.22. The fourth-order valence-electron chi connectivity index (χ4n) is 2.59. The Morgan fingerprint density at radius 3 is 1.88 bits per heavy atom. The zero-order valence-electron chi connectivity index (χ0n) is 14.2. The lowest BCUT2D eigenvalue weighted by Gasteiger charge is -2.08. The maximum atomic E-state index is 3.09. The Morgan fingerprint density at radius 2 is 1.25 bits per heavy atom. The van der Waals surface area contributed by atoms with E-state index in [4.69, 9.17) is 0 Å². The van der Waals surface area contributed by atoms with Crippen LogP contribution >= 0.6 is 0 Å². The van der Waals surface area contributed by atoms with Crippen molar-refractivity contribution in [2.24, 2.45) is 0 Å². The van der Waals surface area contributed by atoms with Crippen LogP contribution in [0.5, 0.6) is 0 Å². The van der Waals surface area contributed by atoms with Crippen LogP contribution in [-0.4, -0.2) is 0 Å². The molecule has 0 bridgehead atoms. The number of allylic oxidation sites excluding steroid dienone is 2. The molecule has 0 saturated heterocycles. The monoisotopic (exact) mass is 309 g/mol. The van der Waals surface area contributed by atoms with Crippen molar-refractivity contribution in [3.8, 4) is 0 Å². The van der Waals surface area contributed by atoms with Crippen LogP contribution < -0.4 is 0 Å². The fraction of sp³-hybridized carbons (Fsp3) is 0.0833. The molecule has 0 nitrogen and oxygen atoms in total. The van der Waals surface area contributed by atoms with Gasteiger partial charge in [-0.1, -0.05) is 102 Å². The average Bonchev–Trinajstić information content (AvgIpc) is 2.62. The van der Waals surface area contributed by atoms with Gasteiger partial charge in [-0.05, 0) is 42.2 Å². The predicted octanol–water partition coefficient (Wildman–Crippen LogP) is 6.25. The fourth-order valence-corrected chi connectivity index (χ4v) is 2.59. The molecular weight excluding hydrogens is 288 g/mol. The SMILES string of the molecule is Cc1ccc(C=CC=C(c2cc[c]cc2)c2ccc(C)cc2)cc1. The van der Waals surface area contributed by atoms with E-state index in [9.17, 15) is 0 Å². The molecule has 0 aromatic heterocycles. The summed E-state index contributed by atoms with van der Waals surface area (Å²) in [5, 5.41) is 0. The first-order valence-corrected chi connectivity index (χ1v) is 8.21. The molecule has 3 rings (SSSR count). The van der Waals surface area contributed by atoms with Crippen molar-refractivity contribution < 1.29 is 0 Å². The highest BCUT2D eigenvalue weighted by atomic mass is 14.1. The van der Waals surface area contributed by atoms with Gasteiger partial charge in [0, 0.05) is 0 Å². The van der Waals surface area contributed by atoms with Crippen LogP contribution in [0.1, 0.15) is 27.8 Å². The molecule has 0 fully saturated rings. The van der Waals surface area contributed by atoms with Crippen LogP contribution in [0.25, 0.3) is 11.6 Å². The van der Waals surface area contributed by atoms with Gasteiger partial charge in [-0.15, -0.1) is 0 Å². The van der Waals surface area contributed by atoms with Crippen LogP contribution in [0, 0.1) is 19.9 Å². The molecule has 0 heteroatoms. The third-order valence-electron chi connectivity index (χ3n) is 4.02. The van der Waals surface area contributed by atoms with Gasteiger partial charge in [-0.2, -0.15) is 0 Å². The van der Waals surface area contributed by atoms with E-state index in [1.54, 1.807) is 0 Å². The minimum atomic E-state index is 1.20. The van der Waals surface area contributed by atoms with Crippen molar-refractivity contribution in [2.75, 3.05) is 0 Å². The molecule has 1 radical (unpaired) electrons. The van der Waals surface area contributed by atoms with Crippen LogP contribution in [-0.2, 0) is 0 Å². The first kappa shape index (κ1) is 16.0. The molecule has 0 unspecified atom stereocenters. The smallest absolute Gasteiger partial charge is 0.0111 e. The summed E-state index contributed by atoms with van der Waals surface area (Å²) in [4.78, 5) is 0. The zero-order valence-corrected chi connectivity index (χ0v) is 14.2. The van der Waals surface area contributed by atoms with Gasteiger partial charge in [0.25, 0.3) is 0 Å². The lowest BCUT2D eigenvalue weighted by molar-refractivity contribution is 1.44. The number of hydrogen-bond donors (Lipinski definition) is 0. The number of hydrogen-bond acceptors (Lipinski definition) is 0. The lowest BCUT2D eigenvalue weighted by atomic mass is 9.96. The van der Waals surface area contributed by atoms with Crippen molar-refractivity contribution in [2.45, 2.75) is 13.8 Å². The lowest BCUT2D eigenvalue weighted by Crippen LogP contribution is -1.87. The normalized spacial score (nSPS) is 11.8. The topological polar surface area (TPSA) is 0 Å². The molecule has 0 aliphatic heterocycles. The molecule has 3 aromatic carbocycles. The Labute approximate surface area is 144 Å². The van der Waals surface area contributed by atoms with Crippen molar-refractivity contribution in [3.63, 3.8) is 0 Å². The molecule has 117 valence electrons. The van der Waals surface area contributed by atoms with Gasteiger partial charge in [0.15, 0.2) is 0 Å². The maximum Gasteiger partial charge on any atom is -0.0111 e. The van der Waals surface area contributed by atoms with E-state index < -0.39 is 0 Å². The summed E-state index contributed by atoms with van der Waals surface area (Å²) in [7, 11) is 0. The second-order valence-corrected chi connectivity index (χ2v) is 6.00. The highest BCUT2D eigenvalue weighted by Crippen LogP contribution is 2.24. The highest BCUT2D eigenvalue weighted by molar-refractivity contribution is 5.81. The summed E-state index contributed by atoms with van der Waals surface area (Å²) < 4.78 is 0. The van der Waals surface area contributed by atoms with Crippen molar-refractivity contribution in [1.29, 1.82) is 0 Å². The summed E-state index contributed by atoms with van der Waals surface area (Å²) in [6, 6.07) is 28.4. The van der Waals surface area contributed by atoms with E-state index in [-0.39, 0.29) is 0 Å². The van der Waals surface area contributed by atoms with E-state index in [0.29, 0.717) is 0 Å². The van der Waals surface area contributed by atoms with Crippen molar-refractivity contribution in [1.82, 2.24) is 0 Å². The van der Waals surface area contributed by atoms with Gasteiger partial charge in [0.05, 0.1) is 0 Å². The summed E-state index contributed by atoms with van der Waals surface area (Å²) >= 11 is 0. The Morgan fingerprint density at radius 1 is 0.708 bits per heavy atom. The standard InChI is InChI=1S/C24H21/c1-19-11-15-21(16-12-19)7-6-10-24(22-8-4-3-5-9-22)23-17-13-20(2)14-18-23/h4-18H,1-2H3. The largest absolute Gasteiger partial charge is 0.0610 e. The van der Waals surface area contributed by atoms with E-state index in [1.165, 1.54) is 33.4 Å². The van der Waals surface area contributed by atoms with E-state index in [2.05, 4.69) is 98.8 Å². The number of aryl methyl sites for hydroxylation is 2. The van der Waals surface area contributed by atoms with Gasteiger partial charge in [0.1, 0.15) is 0 Å². The average molecular weight is 309 g/mol. The molecular formula is C24H21. The van der Waals surface area contributed by atoms with Gasteiger partial charge in [-0.3, -0.25) is 0 Å². The summed E-state index contributed by atoms with van der Waals surface area (Å²) in [6.07, 6.45) is 6.44. The Hall–Kier alpha value is -2.86. The Balaban J connectivity index is 1.95. The molecule has 0 aliphatic rings. The third-order valence-corrected chi connectivity index (χ3v) is 4.02. The van der Waals surface area contributed by atoms with Gasteiger partial charge < -0.3 is 0 Å². The summed E-state index contributed by atoms with van der Waals surface area (Å²) in [5.74, 6) is 0. The second-order valence-electron chi connectivity index (χ2n) is 6.00. The van der Waals surface area contributed by atoms with Gasteiger partial charge >= 0.3 is 0 Å². The Kier molecular flexibility index (Phi) is 5.08. The molecule has 24 heavy (non-hydrogen) atoms. The molecule has 0 N–H and O–H groups in total. The van der Waals surface area contributed by atoms with Crippen LogP contribution in [0.15, 0.2) is 84.9 Å². The minimum absolute atomic E-state index is 1.20. The van der Waals surface area contributed by atoms with Gasteiger partial charge in [-0.25, -0.2) is 0 Å². The van der Waals surface area contributed by atoms with Crippen LogP contribution in [0.2, 0.25) is 0 Å². The molecule has 0 amide bonds. The van der Waals surface area contributed by atoms with E-state index in [0.717, 1.165) is 0 Å². The summed E-state index contributed by atoms with van der Waals surface area (Å²) in [5.41, 5.74) is 7.40. The molecule has 0 heterocycles. The van der Waals surface area contributed by atoms with Crippen LogP contribution in [0.4, 0.5) is 0 Å². The molecule has 0 saturated carbocycles. The van der Waals surface area contributed by atoms with Crippen molar-refractivity contribution in [3.05, 3.63) is 119 Å². The molecule has 0 spiro atoms. The molecule has 3 aromatic rings. The zero-order chi connectivity index (χ0) is 16.8. The minimum Gasteiger partial charge on any atom is -0.0610 e. The maximum absolute atomic E-state index is 3.09. The Bertz CT molecular complexity index is 833.